The van der Waals surface area contributed by atoms with Crippen molar-refractivity contribution in [2.45, 2.75) is 13.3 Å². The average Bonchev–Trinajstić information content (AvgIpc) is 2.36. The minimum Gasteiger partial charge on any atom is -0.484 e. The summed E-state index contributed by atoms with van der Waals surface area (Å²) in [6.07, 6.45) is 0.803. The Balaban J connectivity index is 2.13. The molecular formula is C13H20N2O3. The molecule has 1 rings (SSSR count). The first kappa shape index (κ1) is 14.3. The van der Waals surface area contributed by atoms with Crippen LogP contribution in [0, 0.1) is 0 Å². The molecule has 0 bridgehead atoms. The smallest absolute Gasteiger partial charge is 0.257 e. The zero-order valence-electron chi connectivity index (χ0n) is 10.6. The molecule has 0 saturated heterocycles. The van der Waals surface area contributed by atoms with Gasteiger partial charge in [0.1, 0.15) is 5.75 Å². The van der Waals surface area contributed by atoms with E-state index in [1.165, 1.54) is 0 Å². The molecule has 3 N–H and O–H groups in total. The number of nitrogens with one attached hydrogen (secondary N) is 1. The lowest BCUT2D eigenvalue weighted by atomic mass is 10.3. The van der Waals surface area contributed by atoms with Gasteiger partial charge in [0.2, 0.25) is 0 Å². The van der Waals surface area contributed by atoms with E-state index in [1.807, 2.05) is 6.92 Å². The molecule has 0 aromatic heterocycles. The molecule has 0 aliphatic carbocycles. The van der Waals surface area contributed by atoms with Crippen LogP contribution >= 0.6 is 0 Å². The van der Waals surface area contributed by atoms with E-state index in [9.17, 15) is 4.79 Å². The van der Waals surface area contributed by atoms with Gasteiger partial charge >= 0.3 is 0 Å². The molecule has 0 atom stereocenters. The van der Waals surface area contributed by atoms with Gasteiger partial charge in [0.25, 0.3) is 5.91 Å². The van der Waals surface area contributed by atoms with Gasteiger partial charge in [-0.2, -0.15) is 0 Å². The molecule has 0 unspecified atom stereocenters. The summed E-state index contributed by atoms with van der Waals surface area (Å²) in [5.74, 6) is 0.452. The minimum absolute atomic E-state index is 0.00190. The first-order valence-corrected chi connectivity index (χ1v) is 6.05. The topological polar surface area (TPSA) is 73.6 Å². The van der Waals surface area contributed by atoms with Crippen LogP contribution in [-0.2, 0) is 9.53 Å². The molecule has 0 aliphatic rings. The van der Waals surface area contributed by atoms with E-state index in [1.54, 1.807) is 24.3 Å². The Morgan fingerprint density at radius 1 is 1.44 bits per heavy atom. The average molecular weight is 252 g/mol. The van der Waals surface area contributed by atoms with E-state index in [0.29, 0.717) is 31.2 Å². The van der Waals surface area contributed by atoms with E-state index in [2.05, 4.69) is 5.32 Å². The van der Waals surface area contributed by atoms with Crippen molar-refractivity contribution in [2.75, 3.05) is 32.1 Å². The Morgan fingerprint density at radius 2 is 2.28 bits per heavy atom. The number of carbonyl (C=O) groups excluding carboxylic acids is 1. The third-order valence-electron chi connectivity index (χ3n) is 2.22. The molecule has 0 spiro atoms. The van der Waals surface area contributed by atoms with Crippen molar-refractivity contribution >= 4 is 11.6 Å². The Hall–Kier alpha value is -1.75. The minimum atomic E-state index is -0.145. The van der Waals surface area contributed by atoms with E-state index >= 15 is 0 Å². The molecule has 5 heteroatoms. The van der Waals surface area contributed by atoms with Gasteiger partial charge < -0.3 is 20.5 Å². The number of hydrogen-bond acceptors (Lipinski definition) is 4. The number of rotatable bonds is 8. The van der Waals surface area contributed by atoms with Gasteiger partial charge in [0, 0.05) is 31.5 Å². The van der Waals surface area contributed by atoms with Gasteiger partial charge in [-0.1, -0.05) is 6.07 Å². The largest absolute Gasteiger partial charge is 0.484 e. The standard InChI is InChI=1S/C13H20N2O3/c1-2-17-8-4-7-15-13(16)10-18-12-6-3-5-11(14)9-12/h3,5-6,9H,2,4,7-8,10,14H2,1H3,(H,15,16). The molecule has 1 aromatic carbocycles. The Kier molecular flexibility index (Phi) is 6.64. The highest BCUT2D eigenvalue weighted by molar-refractivity contribution is 5.77. The first-order valence-electron chi connectivity index (χ1n) is 6.05. The Bertz CT molecular complexity index is 369. The maximum atomic E-state index is 11.4. The van der Waals surface area contributed by atoms with Crippen molar-refractivity contribution in [2.24, 2.45) is 0 Å². The number of nitrogens with two attached hydrogens (primary N) is 1. The van der Waals surface area contributed by atoms with Crippen molar-refractivity contribution in [1.29, 1.82) is 0 Å². The van der Waals surface area contributed by atoms with Gasteiger partial charge in [-0.3, -0.25) is 4.79 Å². The van der Waals surface area contributed by atoms with Crippen LogP contribution in [0.1, 0.15) is 13.3 Å². The monoisotopic (exact) mass is 252 g/mol. The molecule has 0 heterocycles. The van der Waals surface area contributed by atoms with Crippen LogP contribution in [0.4, 0.5) is 5.69 Å². The van der Waals surface area contributed by atoms with E-state index in [4.69, 9.17) is 15.2 Å². The summed E-state index contributed by atoms with van der Waals surface area (Å²) in [7, 11) is 0. The fraction of sp³-hybridized carbons (Fsp3) is 0.462. The van der Waals surface area contributed by atoms with Gasteiger partial charge in [-0.15, -0.1) is 0 Å². The molecule has 1 amide bonds. The first-order chi connectivity index (χ1) is 8.72. The molecule has 100 valence electrons. The maximum Gasteiger partial charge on any atom is 0.257 e. The lowest BCUT2D eigenvalue weighted by Gasteiger charge is -2.07. The predicted octanol–water partition coefficient (Wildman–Crippen LogP) is 1.19. The number of amides is 1. The molecule has 1 aromatic rings. The van der Waals surface area contributed by atoms with Gasteiger partial charge in [-0.25, -0.2) is 0 Å². The number of benzene rings is 1. The van der Waals surface area contributed by atoms with E-state index in [-0.39, 0.29) is 12.5 Å². The maximum absolute atomic E-state index is 11.4. The number of nitrogen functional groups attached to an aromatic ring is 1. The van der Waals surface area contributed by atoms with Crippen molar-refractivity contribution in [3.05, 3.63) is 24.3 Å². The molecule has 0 aliphatic heterocycles. The number of ether oxygens (including phenoxy) is 2. The summed E-state index contributed by atoms with van der Waals surface area (Å²) >= 11 is 0. The van der Waals surface area contributed by atoms with Gasteiger partial charge in [-0.05, 0) is 25.5 Å². The summed E-state index contributed by atoms with van der Waals surface area (Å²) in [6.45, 7) is 3.90. The zero-order chi connectivity index (χ0) is 13.2. The highest BCUT2D eigenvalue weighted by atomic mass is 16.5. The van der Waals surface area contributed by atoms with Crippen LogP contribution in [0.3, 0.4) is 0 Å². The number of carbonyl (C=O) groups is 1. The summed E-state index contributed by atoms with van der Waals surface area (Å²) in [6, 6.07) is 6.99. The molecular weight excluding hydrogens is 232 g/mol. The predicted molar refractivity (Wildman–Crippen MR) is 70.5 cm³/mol. The SMILES string of the molecule is CCOCCCNC(=O)COc1cccc(N)c1. The van der Waals surface area contributed by atoms with Gasteiger partial charge in [0.05, 0.1) is 0 Å². The zero-order valence-corrected chi connectivity index (χ0v) is 10.6. The van der Waals surface area contributed by atoms with Gasteiger partial charge in [0.15, 0.2) is 6.61 Å². The second kappa shape index (κ2) is 8.36. The lowest BCUT2D eigenvalue weighted by Crippen LogP contribution is -2.30. The molecule has 18 heavy (non-hydrogen) atoms. The Morgan fingerprint density at radius 3 is 3.00 bits per heavy atom. The van der Waals surface area contributed by atoms with E-state index in [0.717, 1.165) is 6.42 Å². The molecule has 0 fully saturated rings. The van der Waals surface area contributed by atoms with Crippen molar-refractivity contribution in [3.63, 3.8) is 0 Å². The fourth-order valence-electron chi connectivity index (χ4n) is 1.35. The molecule has 5 nitrogen and oxygen atoms in total. The fourth-order valence-corrected chi connectivity index (χ4v) is 1.35. The summed E-state index contributed by atoms with van der Waals surface area (Å²) in [5.41, 5.74) is 6.21. The number of hydrogen-bond donors (Lipinski definition) is 2. The van der Waals surface area contributed by atoms with Crippen LogP contribution in [0.5, 0.6) is 5.75 Å². The van der Waals surface area contributed by atoms with Crippen molar-refractivity contribution < 1.29 is 14.3 Å². The van der Waals surface area contributed by atoms with Crippen molar-refractivity contribution in [3.8, 4) is 5.75 Å². The lowest BCUT2D eigenvalue weighted by molar-refractivity contribution is -0.123. The molecule has 0 saturated carbocycles. The summed E-state index contributed by atoms with van der Waals surface area (Å²) in [4.78, 5) is 11.4. The summed E-state index contributed by atoms with van der Waals surface area (Å²) in [5, 5.41) is 2.75. The van der Waals surface area contributed by atoms with Crippen molar-refractivity contribution in [1.82, 2.24) is 5.32 Å². The highest BCUT2D eigenvalue weighted by Crippen LogP contribution is 2.13. The third-order valence-corrected chi connectivity index (χ3v) is 2.22. The second-order valence-electron chi connectivity index (χ2n) is 3.76. The Labute approximate surface area is 107 Å². The van der Waals surface area contributed by atoms with Crippen LogP contribution in [0.25, 0.3) is 0 Å². The van der Waals surface area contributed by atoms with Crippen LogP contribution in [-0.4, -0.2) is 32.3 Å². The molecule has 0 radical (unpaired) electrons. The highest BCUT2D eigenvalue weighted by Gasteiger charge is 2.02. The quantitative estimate of drug-likeness (QED) is 0.538. The summed E-state index contributed by atoms with van der Waals surface area (Å²) < 4.78 is 10.5. The normalized spacial score (nSPS) is 10.1. The van der Waals surface area contributed by atoms with E-state index < -0.39 is 0 Å². The van der Waals surface area contributed by atoms with Crippen LogP contribution in [0.15, 0.2) is 24.3 Å². The number of anilines is 1. The third kappa shape index (κ3) is 6.10. The van der Waals surface area contributed by atoms with Crippen LogP contribution in [0.2, 0.25) is 0 Å². The second-order valence-corrected chi connectivity index (χ2v) is 3.76. The van der Waals surface area contributed by atoms with Crippen LogP contribution < -0.4 is 15.8 Å².